The third-order valence-corrected chi connectivity index (χ3v) is 3.85. The molecular formula is C15H17N3O2. The van der Waals surface area contributed by atoms with E-state index in [0.717, 1.165) is 12.8 Å². The van der Waals surface area contributed by atoms with E-state index < -0.39 is 0 Å². The van der Waals surface area contributed by atoms with E-state index in [1.54, 1.807) is 4.90 Å². The van der Waals surface area contributed by atoms with Crippen molar-refractivity contribution in [3.05, 3.63) is 47.6 Å². The zero-order valence-electron chi connectivity index (χ0n) is 11.5. The van der Waals surface area contributed by atoms with Crippen molar-refractivity contribution in [3.63, 3.8) is 0 Å². The first-order valence-electron chi connectivity index (χ1n) is 6.81. The van der Waals surface area contributed by atoms with E-state index in [1.165, 1.54) is 17.5 Å². The van der Waals surface area contributed by atoms with Gasteiger partial charge in [0, 0.05) is 25.9 Å². The van der Waals surface area contributed by atoms with Gasteiger partial charge >= 0.3 is 0 Å². The molecule has 5 nitrogen and oxygen atoms in total. The van der Waals surface area contributed by atoms with Crippen LogP contribution in [0.1, 0.15) is 17.0 Å². The van der Waals surface area contributed by atoms with E-state index in [9.17, 15) is 4.79 Å². The first-order chi connectivity index (χ1) is 9.74. The van der Waals surface area contributed by atoms with Crippen molar-refractivity contribution in [2.75, 3.05) is 13.6 Å². The lowest BCUT2D eigenvalue weighted by molar-refractivity contribution is -0.133. The Morgan fingerprint density at radius 3 is 2.65 bits per heavy atom. The topological polar surface area (TPSA) is 59.2 Å². The Kier molecular flexibility index (Phi) is 3.50. The second-order valence-corrected chi connectivity index (χ2v) is 5.23. The number of likely N-dealkylation sites (N-methyl/N-ethyl adjacent to an activating group) is 1. The highest BCUT2D eigenvalue weighted by atomic mass is 16.5. The molecule has 5 heteroatoms. The molecule has 0 radical (unpaired) electrons. The number of benzene rings is 1. The molecule has 1 aromatic heterocycles. The van der Waals surface area contributed by atoms with Crippen LogP contribution in [0.5, 0.6) is 0 Å². The molecule has 0 fully saturated rings. The monoisotopic (exact) mass is 271 g/mol. The van der Waals surface area contributed by atoms with E-state index in [2.05, 4.69) is 26.8 Å². The molecule has 1 amide bonds. The Balaban J connectivity index is 1.57. The van der Waals surface area contributed by atoms with Gasteiger partial charge in [-0.05, 0) is 24.0 Å². The molecule has 0 atom stereocenters. The van der Waals surface area contributed by atoms with E-state index >= 15 is 0 Å². The number of amides is 1. The number of carbonyl (C=O) groups excluding carboxylic acids is 1. The quantitative estimate of drug-likeness (QED) is 0.845. The predicted molar refractivity (Wildman–Crippen MR) is 73.0 cm³/mol. The minimum atomic E-state index is 0.0719. The fourth-order valence-electron chi connectivity index (χ4n) is 2.73. The number of hydrogen-bond donors (Lipinski definition) is 0. The molecule has 3 rings (SSSR count). The summed E-state index contributed by atoms with van der Waals surface area (Å²) in [5.41, 5.74) is 2.61. The van der Waals surface area contributed by atoms with Crippen molar-refractivity contribution in [1.29, 1.82) is 0 Å². The van der Waals surface area contributed by atoms with Crippen LogP contribution in [0.3, 0.4) is 0 Å². The van der Waals surface area contributed by atoms with Crippen LogP contribution in [-0.2, 0) is 24.1 Å². The van der Waals surface area contributed by atoms with Gasteiger partial charge in [0.1, 0.15) is 0 Å². The number of carbonyl (C=O) groups is 1. The van der Waals surface area contributed by atoms with E-state index in [-0.39, 0.29) is 11.8 Å². The van der Waals surface area contributed by atoms with Crippen LogP contribution in [0, 0.1) is 5.92 Å². The van der Waals surface area contributed by atoms with E-state index in [4.69, 9.17) is 0 Å². The molecule has 0 saturated heterocycles. The molecule has 2 aromatic rings. The van der Waals surface area contributed by atoms with Crippen LogP contribution < -0.4 is 0 Å². The van der Waals surface area contributed by atoms with Crippen LogP contribution in [0.4, 0.5) is 0 Å². The summed E-state index contributed by atoms with van der Waals surface area (Å²) >= 11 is 0. The van der Waals surface area contributed by atoms with Crippen molar-refractivity contribution in [1.82, 2.24) is 15.0 Å². The molecule has 0 saturated carbocycles. The second kappa shape index (κ2) is 5.45. The van der Waals surface area contributed by atoms with Gasteiger partial charge in [-0.2, -0.15) is 4.98 Å². The third kappa shape index (κ3) is 2.57. The van der Waals surface area contributed by atoms with Crippen molar-refractivity contribution in [2.45, 2.75) is 19.3 Å². The Hall–Kier alpha value is -2.17. The van der Waals surface area contributed by atoms with Gasteiger partial charge in [-0.1, -0.05) is 29.4 Å². The minimum Gasteiger partial charge on any atom is -0.345 e. The van der Waals surface area contributed by atoms with Crippen LogP contribution in [0.15, 0.2) is 35.2 Å². The average molecular weight is 271 g/mol. The van der Waals surface area contributed by atoms with Gasteiger partial charge in [0.15, 0.2) is 5.82 Å². The third-order valence-electron chi connectivity index (χ3n) is 3.85. The lowest BCUT2D eigenvalue weighted by atomic mass is 10.0. The second-order valence-electron chi connectivity index (χ2n) is 5.23. The maximum Gasteiger partial charge on any atom is 0.226 e. The van der Waals surface area contributed by atoms with Crippen LogP contribution >= 0.6 is 0 Å². The summed E-state index contributed by atoms with van der Waals surface area (Å²) in [5.74, 6) is 0.909. The molecule has 0 spiro atoms. The minimum absolute atomic E-state index is 0.0719. The Morgan fingerprint density at radius 1 is 1.35 bits per heavy atom. The molecule has 104 valence electrons. The summed E-state index contributed by atoms with van der Waals surface area (Å²) < 4.78 is 4.68. The maximum absolute atomic E-state index is 12.4. The van der Waals surface area contributed by atoms with Gasteiger partial charge in [-0.15, -0.1) is 0 Å². The Labute approximate surface area is 117 Å². The van der Waals surface area contributed by atoms with E-state index in [1.807, 2.05) is 19.2 Å². The molecule has 20 heavy (non-hydrogen) atoms. The highest BCUT2D eigenvalue weighted by Crippen LogP contribution is 2.27. The summed E-state index contributed by atoms with van der Waals surface area (Å²) in [6, 6.07) is 8.29. The molecule has 1 aliphatic rings. The first kappa shape index (κ1) is 12.8. The molecule has 1 aliphatic carbocycles. The normalized spacial score (nSPS) is 14.2. The Morgan fingerprint density at radius 2 is 2.05 bits per heavy atom. The lowest BCUT2D eigenvalue weighted by Crippen LogP contribution is -2.34. The van der Waals surface area contributed by atoms with Crippen LogP contribution in [0.2, 0.25) is 0 Å². The van der Waals surface area contributed by atoms with Gasteiger partial charge in [-0.3, -0.25) is 4.79 Å². The number of fused-ring (bicyclic) bond motifs is 1. The Bertz CT molecular complexity index is 570. The van der Waals surface area contributed by atoms with Gasteiger partial charge in [0.05, 0.1) is 0 Å². The standard InChI is InChI=1S/C15H17N3O2/c1-18(7-6-14-16-10-20-17-14)15(19)13-8-11-4-2-3-5-12(11)9-13/h2-5,10,13H,6-9H2,1H3. The summed E-state index contributed by atoms with van der Waals surface area (Å²) in [6.45, 7) is 0.616. The lowest BCUT2D eigenvalue weighted by Gasteiger charge is -2.20. The number of rotatable bonds is 4. The zero-order chi connectivity index (χ0) is 13.9. The largest absolute Gasteiger partial charge is 0.345 e. The van der Waals surface area contributed by atoms with Gasteiger partial charge in [0.2, 0.25) is 12.3 Å². The molecule has 0 unspecified atom stereocenters. The number of nitrogens with zero attached hydrogens (tertiary/aromatic N) is 3. The summed E-state index contributed by atoms with van der Waals surface area (Å²) in [4.78, 5) is 18.2. The van der Waals surface area contributed by atoms with Crippen molar-refractivity contribution >= 4 is 5.91 Å². The average Bonchev–Trinajstić information content (AvgIpc) is 3.12. The summed E-state index contributed by atoms with van der Waals surface area (Å²) in [5, 5.41) is 3.75. The fraction of sp³-hybridized carbons (Fsp3) is 0.400. The number of aromatic nitrogens is 2. The van der Waals surface area contributed by atoms with E-state index in [0.29, 0.717) is 18.8 Å². The molecular weight excluding hydrogens is 254 g/mol. The van der Waals surface area contributed by atoms with Gasteiger partial charge in [-0.25, -0.2) is 0 Å². The van der Waals surface area contributed by atoms with Crippen LogP contribution in [-0.4, -0.2) is 34.5 Å². The van der Waals surface area contributed by atoms with Gasteiger partial charge in [0.25, 0.3) is 0 Å². The maximum atomic E-state index is 12.4. The fourth-order valence-corrected chi connectivity index (χ4v) is 2.73. The van der Waals surface area contributed by atoms with Crippen molar-refractivity contribution in [3.8, 4) is 0 Å². The first-order valence-corrected chi connectivity index (χ1v) is 6.81. The molecule has 0 bridgehead atoms. The molecule has 1 aromatic carbocycles. The molecule has 1 heterocycles. The highest BCUT2D eigenvalue weighted by Gasteiger charge is 2.29. The number of hydrogen-bond acceptors (Lipinski definition) is 4. The van der Waals surface area contributed by atoms with Crippen LogP contribution in [0.25, 0.3) is 0 Å². The summed E-state index contributed by atoms with van der Waals surface area (Å²) in [7, 11) is 1.84. The van der Waals surface area contributed by atoms with Crippen molar-refractivity contribution in [2.24, 2.45) is 5.92 Å². The van der Waals surface area contributed by atoms with Crippen molar-refractivity contribution < 1.29 is 9.32 Å². The summed E-state index contributed by atoms with van der Waals surface area (Å²) in [6.07, 6.45) is 3.63. The smallest absolute Gasteiger partial charge is 0.226 e. The predicted octanol–water partition coefficient (Wildman–Crippen LogP) is 1.49. The molecule has 0 aliphatic heterocycles. The molecule has 0 N–H and O–H groups in total. The SMILES string of the molecule is CN(CCc1ncon1)C(=O)C1Cc2ccccc2C1. The highest BCUT2D eigenvalue weighted by molar-refractivity contribution is 5.80. The zero-order valence-corrected chi connectivity index (χ0v) is 11.5. The van der Waals surface area contributed by atoms with Gasteiger partial charge < -0.3 is 9.42 Å².